The third kappa shape index (κ3) is 3.83. The fourth-order valence-corrected chi connectivity index (χ4v) is 4.93. The number of carbonyl (C=O) groups excluding carboxylic acids is 1. The predicted octanol–water partition coefficient (Wildman–Crippen LogP) is 2.49. The molecule has 0 aromatic carbocycles. The predicted molar refractivity (Wildman–Crippen MR) is 98.2 cm³/mol. The Bertz CT molecular complexity index is 598. The molecule has 2 saturated heterocycles. The number of ether oxygens (including phenoxy) is 1. The first kappa shape index (κ1) is 17.2. The molecule has 3 heterocycles. The summed E-state index contributed by atoms with van der Waals surface area (Å²) in [5.41, 5.74) is 0.900. The molecule has 1 atom stereocenters. The Kier molecular flexibility index (Phi) is 5.24. The van der Waals surface area contributed by atoms with Gasteiger partial charge in [0.2, 0.25) is 0 Å². The second-order valence-corrected chi connectivity index (χ2v) is 8.37. The number of aryl methyl sites for hydroxylation is 1. The zero-order valence-corrected chi connectivity index (χ0v) is 15.8. The number of hydrogen-bond acceptors (Lipinski definition) is 6. The van der Waals surface area contributed by atoms with Crippen molar-refractivity contribution >= 4 is 17.4 Å². The molecule has 6 nitrogen and oxygen atoms in total. The first-order valence-corrected chi connectivity index (χ1v) is 10.4. The van der Waals surface area contributed by atoms with Crippen molar-refractivity contribution in [2.75, 3.05) is 32.7 Å². The zero-order valence-electron chi connectivity index (χ0n) is 14.9. The number of hydrogen-bond donors (Lipinski definition) is 1. The van der Waals surface area contributed by atoms with E-state index in [0.717, 1.165) is 57.3 Å². The molecule has 7 heteroatoms. The summed E-state index contributed by atoms with van der Waals surface area (Å²) < 4.78 is 5.59. The van der Waals surface area contributed by atoms with E-state index in [-0.39, 0.29) is 12.1 Å². The van der Waals surface area contributed by atoms with E-state index in [0.29, 0.717) is 11.1 Å². The third-order valence-electron chi connectivity index (χ3n) is 5.98. The highest BCUT2D eigenvalue weighted by atomic mass is 32.1. The Balaban J connectivity index is 1.46. The van der Waals surface area contributed by atoms with Crippen LogP contribution in [0, 0.1) is 12.8 Å². The summed E-state index contributed by atoms with van der Waals surface area (Å²) in [4.78, 5) is 21.7. The van der Waals surface area contributed by atoms with Gasteiger partial charge < -0.3 is 15.0 Å². The van der Waals surface area contributed by atoms with E-state index in [1.165, 1.54) is 30.6 Å². The smallest absolute Gasteiger partial charge is 0.381 e. The summed E-state index contributed by atoms with van der Waals surface area (Å²) in [6.45, 7) is 6.77. The Hall–Kier alpha value is -1.18. The minimum absolute atomic E-state index is 0.217. The molecule has 1 amide bonds. The lowest BCUT2D eigenvalue weighted by atomic mass is 9.85. The fourth-order valence-electron chi connectivity index (χ4n) is 4.29. The highest BCUT2D eigenvalue weighted by molar-refractivity contribution is 7.11. The number of rotatable bonds is 3. The van der Waals surface area contributed by atoms with Crippen molar-refractivity contribution in [3.8, 4) is 5.19 Å². The quantitative estimate of drug-likeness (QED) is 0.893. The van der Waals surface area contributed by atoms with Gasteiger partial charge >= 0.3 is 6.09 Å². The van der Waals surface area contributed by atoms with Crippen molar-refractivity contribution in [3.05, 3.63) is 11.1 Å². The topological polar surface area (TPSA) is 57.7 Å². The van der Waals surface area contributed by atoms with Crippen LogP contribution in [0.5, 0.6) is 5.19 Å². The molecule has 25 heavy (non-hydrogen) atoms. The molecule has 1 N–H and O–H groups in total. The molecular weight excluding hydrogens is 336 g/mol. The van der Waals surface area contributed by atoms with Crippen LogP contribution in [0.1, 0.15) is 37.8 Å². The van der Waals surface area contributed by atoms with Crippen molar-refractivity contribution in [1.29, 1.82) is 0 Å². The molecule has 0 bridgehead atoms. The number of piperazine rings is 1. The second kappa shape index (κ2) is 7.60. The summed E-state index contributed by atoms with van der Waals surface area (Å²) in [6.07, 6.45) is 6.07. The lowest BCUT2D eigenvalue weighted by molar-refractivity contribution is 0.00476. The van der Waals surface area contributed by atoms with E-state index >= 15 is 0 Å². The number of piperidine rings is 1. The van der Waals surface area contributed by atoms with Gasteiger partial charge in [-0.1, -0.05) is 17.8 Å². The molecule has 3 aliphatic rings. The summed E-state index contributed by atoms with van der Waals surface area (Å²) in [7, 11) is 0. The highest BCUT2D eigenvalue weighted by Gasteiger charge is 2.40. The molecule has 1 aromatic rings. The van der Waals surface area contributed by atoms with E-state index in [4.69, 9.17) is 4.74 Å². The summed E-state index contributed by atoms with van der Waals surface area (Å²) in [5, 5.41) is 5.82. The van der Waals surface area contributed by atoms with E-state index < -0.39 is 0 Å². The average molecular weight is 365 g/mol. The number of aromatic nitrogens is 1. The maximum atomic E-state index is 12.8. The van der Waals surface area contributed by atoms with Gasteiger partial charge in [0.15, 0.2) is 0 Å². The lowest BCUT2D eigenvalue weighted by Gasteiger charge is -2.49. The number of thiazole rings is 1. The van der Waals surface area contributed by atoms with Gasteiger partial charge in [0.25, 0.3) is 5.19 Å². The molecule has 3 fully saturated rings. The molecule has 1 aliphatic carbocycles. The van der Waals surface area contributed by atoms with E-state index in [1.54, 1.807) is 0 Å². The fraction of sp³-hybridized carbons (Fsp3) is 0.778. The normalized spacial score (nSPS) is 26.4. The van der Waals surface area contributed by atoms with Crippen molar-refractivity contribution in [2.45, 2.75) is 51.1 Å². The maximum Gasteiger partial charge on any atom is 0.417 e. The van der Waals surface area contributed by atoms with Crippen molar-refractivity contribution < 1.29 is 9.53 Å². The molecule has 1 saturated carbocycles. The Labute approximate surface area is 153 Å². The summed E-state index contributed by atoms with van der Waals surface area (Å²) in [6, 6.07) is 1.01. The number of carbonyl (C=O) groups is 1. The molecule has 0 spiro atoms. The second-order valence-electron chi connectivity index (χ2n) is 7.55. The van der Waals surface area contributed by atoms with Gasteiger partial charge in [-0.3, -0.25) is 4.90 Å². The Morgan fingerprint density at radius 2 is 2.08 bits per heavy atom. The monoisotopic (exact) mass is 364 g/mol. The van der Waals surface area contributed by atoms with Gasteiger partial charge in [0, 0.05) is 31.1 Å². The van der Waals surface area contributed by atoms with E-state index in [1.807, 2.05) is 17.2 Å². The molecule has 1 unspecified atom stereocenters. The average Bonchev–Trinajstić information content (AvgIpc) is 2.99. The van der Waals surface area contributed by atoms with E-state index in [2.05, 4.69) is 15.2 Å². The van der Waals surface area contributed by atoms with Gasteiger partial charge in [-0.25, -0.2) is 9.78 Å². The van der Waals surface area contributed by atoms with Gasteiger partial charge in [0.05, 0.1) is 11.7 Å². The van der Waals surface area contributed by atoms with Crippen LogP contribution >= 0.6 is 11.3 Å². The molecular formula is C18H28N4O2S. The van der Waals surface area contributed by atoms with Crippen LogP contribution in [0.3, 0.4) is 0 Å². The lowest BCUT2D eigenvalue weighted by Crippen LogP contribution is -2.62. The molecule has 0 radical (unpaired) electrons. The number of nitrogens with zero attached hydrogens (tertiary/aromatic N) is 3. The first-order chi connectivity index (χ1) is 12.2. The summed E-state index contributed by atoms with van der Waals surface area (Å²) in [5.74, 6) is 0.565. The van der Waals surface area contributed by atoms with Crippen LogP contribution in [0.25, 0.3) is 0 Å². The van der Waals surface area contributed by atoms with E-state index in [9.17, 15) is 4.79 Å². The summed E-state index contributed by atoms with van der Waals surface area (Å²) >= 11 is 1.40. The maximum absolute atomic E-state index is 12.8. The van der Waals surface area contributed by atoms with Crippen LogP contribution < -0.4 is 10.1 Å². The molecule has 4 rings (SSSR count). The van der Waals surface area contributed by atoms with Crippen LogP contribution in [-0.2, 0) is 0 Å². The van der Waals surface area contributed by atoms with Gasteiger partial charge in [0.1, 0.15) is 0 Å². The minimum Gasteiger partial charge on any atom is -0.381 e. The van der Waals surface area contributed by atoms with Gasteiger partial charge in [-0.2, -0.15) is 0 Å². The van der Waals surface area contributed by atoms with Crippen LogP contribution in [0.2, 0.25) is 0 Å². The first-order valence-electron chi connectivity index (χ1n) is 9.56. The third-order valence-corrected chi connectivity index (χ3v) is 6.81. The van der Waals surface area contributed by atoms with Gasteiger partial charge in [-0.15, -0.1) is 0 Å². The van der Waals surface area contributed by atoms with Crippen molar-refractivity contribution in [2.24, 2.45) is 5.92 Å². The van der Waals surface area contributed by atoms with Gasteiger partial charge in [-0.05, 0) is 51.6 Å². The largest absolute Gasteiger partial charge is 0.417 e. The van der Waals surface area contributed by atoms with Crippen LogP contribution in [0.15, 0.2) is 5.38 Å². The van der Waals surface area contributed by atoms with Crippen molar-refractivity contribution in [1.82, 2.24) is 20.1 Å². The van der Waals surface area contributed by atoms with Crippen molar-refractivity contribution in [3.63, 3.8) is 0 Å². The SMILES string of the molecule is Cc1csc(OC(=O)N2CCN(C3CCC3)CC2C2CCNCC2)n1. The standard InChI is InChI=1S/C18H28N4O2S/c1-13-12-25-17(20-13)24-18(23)22-10-9-21(15-3-2-4-15)11-16(22)14-5-7-19-8-6-14/h12,14-16,19H,2-11H2,1H3. The molecule has 1 aromatic heterocycles. The van der Waals surface area contributed by atoms with Crippen LogP contribution in [0.4, 0.5) is 4.79 Å². The Morgan fingerprint density at radius 3 is 2.72 bits per heavy atom. The minimum atomic E-state index is -0.217. The molecule has 2 aliphatic heterocycles. The number of amides is 1. The number of nitrogens with one attached hydrogen (secondary N) is 1. The Morgan fingerprint density at radius 1 is 1.28 bits per heavy atom. The molecule has 138 valence electrons. The van der Waals surface area contributed by atoms with Crippen LogP contribution in [-0.4, -0.2) is 65.7 Å². The zero-order chi connectivity index (χ0) is 17.2. The highest BCUT2D eigenvalue weighted by Crippen LogP contribution is 2.31.